The topological polar surface area (TPSA) is 82.5 Å². The summed E-state index contributed by atoms with van der Waals surface area (Å²) in [5.74, 6) is -0.209. The molecule has 7 heteroatoms. The Morgan fingerprint density at radius 2 is 1.79 bits per heavy atom. The van der Waals surface area contributed by atoms with Gasteiger partial charge in [-0.1, -0.05) is 50.4 Å². The molecular weight excluding hydrogens is 450 g/mol. The number of likely N-dealkylation sites (tertiary alicyclic amines) is 1. The molecule has 1 aromatic heterocycles. The molecule has 0 spiro atoms. The van der Waals surface area contributed by atoms with Gasteiger partial charge in [-0.25, -0.2) is 0 Å². The zero-order chi connectivity index (χ0) is 24.3. The van der Waals surface area contributed by atoms with Crippen molar-refractivity contribution in [2.75, 3.05) is 13.1 Å². The number of carbonyl (C=O) groups is 2. The van der Waals surface area contributed by atoms with Crippen LogP contribution in [0.1, 0.15) is 57.1 Å². The van der Waals surface area contributed by atoms with Crippen LogP contribution in [-0.2, 0) is 21.6 Å². The molecule has 1 aromatic carbocycles. The first-order valence-corrected chi connectivity index (χ1v) is 12.5. The van der Waals surface area contributed by atoms with E-state index in [9.17, 15) is 14.7 Å². The molecule has 2 amide bonds. The van der Waals surface area contributed by atoms with E-state index in [1.807, 2.05) is 43.0 Å². The average Bonchev–Trinajstić information content (AvgIpc) is 2.81. The molecule has 2 aliphatic rings. The highest BCUT2D eigenvalue weighted by molar-refractivity contribution is 6.30. The third-order valence-corrected chi connectivity index (χ3v) is 7.88. The molecule has 1 aliphatic heterocycles. The van der Waals surface area contributed by atoms with Gasteiger partial charge in [-0.3, -0.25) is 14.6 Å². The van der Waals surface area contributed by atoms with Gasteiger partial charge in [-0.2, -0.15) is 0 Å². The molecule has 2 N–H and O–H groups in total. The molecule has 182 valence electrons. The first kappa shape index (κ1) is 24.7. The van der Waals surface area contributed by atoms with Gasteiger partial charge in [0.1, 0.15) is 0 Å². The number of hydrogen-bond donors (Lipinski definition) is 2. The number of aliphatic hydroxyl groups is 1. The Hall–Kier alpha value is -2.44. The Labute approximate surface area is 206 Å². The Balaban J connectivity index is 1.44. The minimum Gasteiger partial charge on any atom is -0.384 e. The largest absolute Gasteiger partial charge is 0.384 e. The van der Waals surface area contributed by atoms with E-state index >= 15 is 0 Å². The van der Waals surface area contributed by atoms with Crippen molar-refractivity contribution in [3.8, 4) is 0 Å². The summed E-state index contributed by atoms with van der Waals surface area (Å²) in [5, 5.41) is 15.4. The van der Waals surface area contributed by atoms with E-state index in [0.717, 1.165) is 36.8 Å². The number of aromatic nitrogens is 1. The van der Waals surface area contributed by atoms with Crippen LogP contribution in [0.15, 0.2) is 48.8 Å². The zero-order valence-corrected chi connectivity index (χ0v) is 20.7. The molecule has 34 heavy (non-hydrogen) atoms. The van der Waals surface area contributed by atoms with Crippen LogP contribution in [0.2, 0.25) is 5.02 Å². The second-order valence-corrected chi connectivity index (χ2v) is 10.8. The monoisotopic (exact) mass is 483 g/mol. The lowest BCUT2D eigenvalue weighted by Gasteiger charge is -2.51. The Bertz CT molecular complexity index is 1010. The van der Waals surface area contributed by atoms with Crippen molar-refractivity contribution in [3.05, 3.63) is 64.9 Å². The maximum Gasteiger partial charge on any atom is 0.227 e. The fourth-order valence-electron chi connectivity index (χ4n) is 5.55. The van der Waals surface area contributed by atoms with Crippen molar-refractivity contribution >= 4 is 23.4 Å². The van der Waals surface area contributed by atoms with E-state index in [1.54, 1.807) is 24.5 Å². The summed E-state index contributed by atoms with van der Waals surface area (Å²) < 4.78 is 0. The summed E-state index contributed by atoms with van der Waals surface area (Å²) in [7, 11) is 0. The second kappa shape index (κ2) is 10.0. The smallest absolute Gasteiger partial charge is 0.227 e. The van der Waals surface area contributed by atoms with Crippen LogP contribution in [0.5, 0.6) is 0 Å². The van der Waals surface area contributed by atoms with Crippen molar-refractivity contribution in [1.29, 1.82) is 0 Å². The molecule has 0 radical (unpaired) electrons. The summed E-state index contributed by atoms with van der Waals surface area (Å²) >= 11 is 6.05. The van der Waals surface area contributed by atoms with E-state index in [2.05, 4.69) is 10.3 Å². The summed E-state index contributed by atoms with van der Waals surface area (Å²) in [6.45, 7) is 4.96. The molecule has 0 bridgehead atoms. The van der Waals surface area contributed by atoms with Crippen molar-refractivity contribution in [1.82, 2.24) is 15.2 Å². The number of hydrogen-bond acceptors (Lipinski definition) is 4. The van der Waals surface area contributed by atoms with Gasteiger partial charge in [0.05, 0.1) is 17.9 Å². The van der Waals surface area contributed by atoms with E-state index < -0.39 is 11.0 Å². The molecule has 0 unspecified atom stereocenters. The molecule has 3 atom stereocenters. The molecule has 1 saturated heterocycles. The number of amides is 2. The first-order chi connectivity index (χ1) is 16.2. The zero-order valence-electron chi connectivity index (χ0n) is 20.0. The minimum absolute atomic E-state index is 0.0630. The van der Waals surface area contributed by atoms with E-state index in [0.29, 0.717) is 24.5 Å². The number of piperidine rings is 1. The Kier molecular flexibility index (Phi) is 7.29. The van der Waals surface area contributed by atoms with Crippen molar-refractivity contribution in [2.24, 2.45) is 11.3 Å². The number of nitrogens with zero attached hydrogens (tertiary/aromatic N) is 2. The van der Waals surface area contributed by atoms with Gasteiger partial charge in [0.25, 0.3) is 0 Å². The highest BCUT2D eigenvalue weighted by Gasteiger charge is 2.50. The van der Waals surface area contributed by atoms with Crippen molar-refractivity contribution < 1.29 is 14.7 Å². The van der Waals surface area contributed by atoms with Gasteiger partial charge in [-0.05, 0) is 54.7 Å². The van der Waals surface area contributed by atoms with Gasteiger partial charge in [0.15, 0.2) is 0 Å². The van der Waals surface area contributed by atoms with Crippen molar-refractivity contribution in [3.63, 3.8) is 0 Å². The molecule has 6 nitrogen and oxygen atoms in total. The molecule has 2 fully saturated rings. The molecule has 4 rings (SSSR count). The number of halogens is 1. The summed E-state index contributed by atoms with van der Waals surface area (Å²) in [4.78, 5) is 32.2. The molecule has 1 saturated carbocycles. The average molecular weight is 484 g/mol. The highest BCUT2D eigenvalue weighted by Crippen LogP contribution is 2.46. The standard InChI is InChI=1S/C27H34ClN3O3/c1-26(2)18-31(16-13-27(26,34)20-7-9-21(28)10-8-20)25(33)22-5-3-4-6-23(22)30-24(32)17-19-11-14-29-15-12-19/h7-12,14-15,22-23,34H,3-6,13,16-18H2,1-2H3,(H,30,32)/t22-,23+,27-/m0/s1. The Morgan fingerprint density at radius 3 is 2.47 bits per heavy atom. The quantitative estimate of drug-likeness (QED) is 0.670. The molecule has 2 aromatic rings. The predicted octanol–water partition coefficient (Wildman–Crippen LogP) is 4.10. The summed E-state index contributed by atoms with van der Waals surface area (Å²) in [5.41, 5.74) is 0.154. The lowest BCUT2D eigenvalue weighted by Crippen LogP contribution is -2.59. The normalized spacial score (nSPS) is 26.6. The summed E-state index contributed by atoms with van der Waals surface area (Å²) in [6, 6.07) is 10.8. The van der Waals surface area contributed by atoms with E-state index in [-0.39, 0.29) is 30.2 Å². The molecule has 2 heterocycles. The van der Waals surface area contributed by atoms with Crippen LogP contribution < -0.4 is 5.32 Å². The fourth-order valence-corrected chi connectivity index (χ4v) is 5.67. The van der Waals surface area contributed by atoms with Crippen LogP contribution >= 0.6 is 11.6 Å². The van der Waals surface area contributed by atoms with E-state index in [1.165, 1.54) is 0 Å². The third kappa shape index (κ3) is 5.13. The number of nitrogens with one attached hydrogen (secondary N) is 1. The van der Waals surface area contributed by atoms with Crippen LogP contribution in [0.25, 0.3) is 0 Å². The first-order valence-electron chi connectivity index (χ1n) is 12.2. The maximum absolute atomic E-state index is 13.7. The lowest BCUT2D eigenvalue weighted by atomic mass is 9.66. The number of pyridine rings is 1. The van der Waals surface area contributed by atoms with Gasteiger partial charge in [0, 0.05) is 42.0 Å². The van der Waals surface area contributed by atoms with Crippen LogP contribution in [-0.4, -0.2) is 45.9 Å². The van der Waals surface area contributed by atoms with Crippen molar-refractivity contribution in [2.45, 2.75) is 64.0 Å². The van der Waals surface area contributed by atoms with Gasteiger partial charge in [-0.15, -0.1) is 0 Å². The van der Waals surface area contributed by atoms with Crippen LogP contribution in [0, 0.1) is 11.3 Å². The van der Waals surface area contributed by atoms with E-state index in [4.69, 9.17) is 11.6 Å². The van der Waals surface area contributed by atoms with Gasteiger partial charge < -0.3 is 15.3 Å². The maximum atomic E-state index is 13.7. The number of rotatable bonds is 5. The van der Waals surface area contributed by atoms with Gasteiger partial charge >= 0.3 is 0 Å². The molecule has 1 aliphatic carbocycles. The lowest BCUT2D eigenvalue weighted by molar-refractivity contribution is -0.158. The third-order valence-electron chi connectivity index (χ3n) is 7.63. The fraction of sp³-hybridized carbons (Fsp3) is 0.519. The summed E-state index contributed by atoms with van der Waals surface area (Å²) in [6.07, 6.45) is 7.68. The Morgan fingerprint density at radius 1 is 1.12 bits per heavy atom. The minimum atomic E-state index is -1.04. The molecular formula is C27H34ClN3O3. The SMILES string of the molecule is CC1(C)CN(C(=O)[C@H]2CCCC[C@H]2NC(=O)Cc2ccncc2)CC[C@]1(O)c1ccc(Cl)cc1. The van der Waals surface area contributed by atoms with Crippen LogP contribution in [0.3, 0.4) is 0 Å². The highest BCUT2D eigenvalue weighted by atomic mass is 35.5. The second-order valence-electron chi connectivity index (χ2n) is 10.4. The number of carbonyl (C=O) groups excluding carboxylic acids is 2. The van der Waals surface area contributed by atoms with Gasteiger partial charge in [0.2, 0.25) is 11.8 Å². The number of benzene rings is 1. The predicted molar refractivity (Wildman–Crippen MR) is 132 cm³/mol. The van der Waals surface area contributed by atoms with Crippen LogP contribution in [0.4, 0.5) is 0 Å².